The van der Waals surface area contributed by atoms with Gasteiger partial charge in [-0.1, -0.05) is 0 Å². The van der Waals surface area contributed by atoms with Gasteiger partial charge in [0.1, 0.15) is 11.1 Å². The Morgan fingerprint density at radius 3 is 3.36 bits per heavy atom. The van der Waals surface area contributed by atoms with E-state index in [2.05, 4.69) is 10.3 Å². The quantitative estimate of drug-likeness (QED) is 0.830. The smallest absolute Gasteiger partial charge is 0.122 e. The maximum Gasteiger partial charge on any atom is 0.122 e. The van der Waals surface area contributed by atoms with Crippen LogP contribution in [0, 0.1) is 5.92 Å². The minimum absolute atomic E-state index is 0.219. The number of hydrogen-bond acceptors (Lipinski definition) is 4. The molecule has 1 aliphatic heterocycles. The van der Waals surface area contributed by atoms with Gasteiger partial charge in [-0.25, -0.2) is 4.98 Å². The van der Waals surface area contributed by atoms with E-state index in [1.165, 1.54) is 12.8 Å². The summed E-state index contributed by atoms with van der Waals surface area (Å²) in [4.78, 5) is 4.34. The van der Waals surface area contributed by atoms with E-state index in [0.29, 0.717) is 5.92 Å². The number of ether oxygens (including phenoxy) is 1. The van der Waals surface area contributed by atoms with Crippen molar-refractivity contribution in [1.29, 1.82) is 0 Å². The van der Waals surface area contributed by atoms with Crippen LogP contribution in [0.15, 0.2) is 11.6 Å². The van der Waals surface area contributed by atoms with Crippen LogP contribution in [0.3, 0.4) is 0 Å². The van der Waals surface area contributed by atoms with Gasteiger partial charge in [0.15, 0.2) is 0 Å². The molecule has 0 aromatic carbocycles. The third kappa shape index (κ3) is 2.13. The number of aromatic nitrogens is 1. The second-order valence-corrected chi connectivity index (χ2v) is 4.55. The van der Waals surface area contributed by atoms with Crippen LogP contribution in [0.4, 0.5) is 0 Å². The molecule has 0 amide bonds. The molecule has 1 aromatic rings. The van der Waals surface area contributed by atoms with Crippen molar-refractivity contribution in [3.63, 3.8) is 0 Å². The van der Waals surface area contributed by atoms with Gasteiger partial charge in [0.05, 0.1) is 0 Å². The summed E-state index contributed by atoms with van der Waals surface area (Å²) in [7, 11) is 1.99. The summed E-state index contributed by atoms with van der Waals surface area (Å²) >= 11 is 1.70. The molecule has 0 bridgehead atoms. The summed E-state index contributed by atoms with van der Waals surface area (Å²) in [6.07, 6.45) is 4.49. The lowest BCUT2D eigenvalue weighted by atomic mass is 9.94. The highest BCUT2D eigenvalue weighted by Gasteiger charge is 2.28. The molecule has 2 unspecified atom stereocenters. The van der Waals surface area contributed by atoms with Crippen LogP contribution in [0.1, 0.15) is 24.0 Å². The molecule has 3 nitrogen and oxygen atoms in total. The molecule has 1 aromatic heterocycles. The summed E-state index contributed by atoms with van der Waals surface area (Å²) in [6.45, 7) is 1.90. The van der Waals surface area contributed by atoms with Gasteiger partial charge in [-0.2, -0.15) is 0 Å². The summed E-state index contributed by atoms with van der Waals surface area (Å²) in [5.74, 6) is 0.583. The van der Waals surface area contributed by atoms with Gasteiger partial charge in [0, 0.05) is 30.6 Å². The Balaban J connectivity index is 2.06. The van der Waals surface area contributed by atoms with Crippen LogP contribution in [0.2, 0.25) is 0 Å². The lowest BCUT2D eigenvalue weighted by Gasteiger charge is -2.30. The van der Waals surface area contributed by atoms with Gasteiger partial charge in [-0.3, -0.25) is 0 Å². The zero-order valence-electron chi connectivity index (χ0n) is 8.40. The Morgan fingerprint density at radius 2 is 2.64 bits per heavy atom. The van der Waals surface area contributed by atoms with Gasteiger partial charge >= 0.3 is 0 Å². The largest absolute Gasteiger partial charge is 0.371 e. The Kier molecular flexibility index (Phi) is 3.50. The number of nitrogens with zero attached hydrogens (tertiary/aromatic N) is 1. The molecular formula is C10H16N2OS. The van der Waals surface area contributed by atoms with Crippen molar-refractivity contribution in [2.45, 2.75) is 18.9 Å². The molecule has 14 heavy (non-hydrogen) atoms. The van der Waals surface area contributed by atoms with Crippen LogP contribution in [-0.2, 0) is 4.74 Å². The number of nitrogens with one attached hydrogen (secondary N) is 1. The van der Waals surface area contributed by atoms with Crippen molar-refractivity contribution in [3.8, 4) is 0 Å². The zero-order chi connectivity index (χ0) is 9.80. The van der Waals surface area contributed by atoms with E-state index in [1.807, 2.05) is 18.6 Å². The molecule has 2 heterocycles. The molecule has 2 atom stereocenters. The fourth-order valence-electron chi connectivity index (χ4n) is 1.96. The van der Waals surface area contributed by atoms with Crippen LogP contribution in [-0.4, -0.2) is 25.2 Å². The second kappa shape index (κ2) is 4.87. The summed E-state index contributed by atoms with van der Waals surface area (Å²) in [5.41, 5.74) is 0. The summed E-state index contributed by atoms with van der Waals surface area (Å²) < 4.78 is 5.80. The van der Waals surface area contributed by atoms with Crippen molar-refractivity contribution in [2.24, 2.45) is 5.92 Å². The lowest BCUT2D eigenvalue weighted by molar-refractivity contribution is -0.0273. The number of thiazole rings is 1. The molecule has 1 fully saturated rings. The monoisotopic (exact) mass is 212 g/mol. The molecule has 1 N–H and O–H groups in total. The van der Waals surface area contributed by atoms with Crippen molar-refractivity contribution >= 4 is 11.3 Å². The van der Waals surface area contributed by atoms with Gasteiger partial charge in [-0.15, -0.1) is 11.3 Å². The Morgan fingerprint density at radius 1 is 1.71 bits per heavy atom. The van der Waals surface area contributed by atoms with E-state index >= 15 is 0 Å². The highest BCUT2D eigenvalue weighted by atomic mass is 32.1. The van der Waals surface area contributed by atoms with E-state index in [9.17, 15) is 0 Å². The molecule has 4 heteroatoms. The van der Waals surface area contributed by atoms with E-state index < -0.39 is 0 Å². The average Bonchev–Trinajstić information content (AvgIpc) is 2.72. The first-order valence-corrected chi connectivity index (χ1v) is 5.95. The van der Waals surface area contributed by atoms with Crippen molar-refractivity contribution in [1.82, 2.24) is 10.3 Å². The Bertz CT molecular complexity index is 261. The first-order valence-electron chi connectivity index (χ1n) is 5.07. The Hall–Kier alpha value is -0.450. The third-order valence-corrected chi connectivity index (χ3v) is 3.44. The maximum atomic E-state index is 5.80. The van der Waals surface area contributed by atoms with Crippen molar-refractivity contribution in [3.05, 3.63) is 16.6 Å². The van der Waals surface area contributed by atoms with Gasteiger partial charge in [0.25, 0.3) is 0 Å². The van der Waals surface area contributed by atoms with Gasteiger partial charge < -0.3 is 10.1 Å². The highest BCUT2D eigenvalue weighted by Crippen LogP contribution is 2.33. The predicted molar refractivity (Wildman–Crippen MR) is 57.5 cm³/mol. The van der Waals surface area contributed by atoms with Gasteiger partial charge in [-0.05, 0) is 19.9 Å². The standard InChI is InChI=1S/C10H16N2OS/c1-11-7-8-3-2-5-13-9(8)10-12-4-6-14-10/h4,6,8-9,11H,2-3,5,7H2,1H3. The number of hydrogen-bond donors (Lipinski definition) is 1. The SMILES string of the molecule is CNCC1CCCOC1c1nccs1. The first-order chi connectivity index (χ1) is 6.92. The van der Waals surface area contributed by atoms with E-state index in [1.54, 1.807) is 11.3 Å². The minimum Gasteiger partial charge on any atom is -0.371 e. The van der Waals surface area contributed by atoms with Crippen LogP contribution in [0.25, 0.3) is 0 Å². The zero-order valence-corrected chi connectivity index (χ0v) is 9.22. The van der Waals surface area contributed by atoms with E-state index in [0.717, 1.165) is 18.2 Å². The first kappa shape index (κ1) is 10.1. The molecule has 78 valence electrons. The van der Waals surface area contributed by atoms with Crippen molar-refractivity contribution in [2.75, 3.05) is 20.2 Å². The molecule has 0 radical (unpaired) electrons. The molecule has 1 saturated heterocycles. The normalized spacial score (nSPS) is 27.8. The molecule has 0 aliphatic carbocycles. The van der Waals surface area contributed by atoms with Crippen LogP contribution >= 0.6 is 11.3 Å². The third-order valence-electron chi connectivity index (χ3n) is 2.61. The van der Waals surface area contributed by atoms with Gasteiger partial charge in [0.2, 0.25) is 0 Å². The second-order valence-electron chi connectivity index (χ2n) is 3.62. The maximum absolute atomic E-state index is 5.80. The Labute approximate surface area is 88.5 Å². The molecule has 2 rings (SSSR count). The predicted octanol–water partition coefficient (Wildman–Crippen LogP) is 1.83. The average molecular weight is 212 g/mol. The van der Waals surface area contributed by atoms with Crippen LogP contribution < -0.4 is 5.32 Å². The topological polar surface area (TPSA) is 34.1 Å². The van der Waals surface area contributed by atoms with E-state index in [-0.39, 0.29) is 6.10 Å². The number of rotatable bonds is 3. The van der Waals surface area contributed by atoms with Crippen molar-refractivity contribution < 1.29 is 4.74 Å². The summed E-state index contributed by atoms with van der Waals surface area (Å²) in [6, 6.07) is 0. The molecule has 0 saturated carbocycles. The summed E-state index contributed by atoms with van der Waals surface area (Å²) in [5, 5.41) is 6.37. The lowest BCUT2D eigenvalue weighted by Crippen LogP contribution is -2.30. The highest BCUT2D eigenvalue weighted by molar-refractivity contribution is 7.09. The fourth-order valence-corrected chi connectivity index (χ4v) is 2.74. The van der Waals surface area contributed by atoms with Crippen LogP contribution in [0.5, 0.6) is 0 Å². The fraction of sp³-hybridized carbons (Fsp3) is 0.700. The molecule has 0 spiro atoms. The molecule has 1 aliphatic rings. The van der Waals surface area contributed by atoms with E-state index in [4.69, 9.17) is 4.74 Å². The molecular weight excluding hydrogens is 196 g/mol. The minimum atomic E-state index is 0.219.